The molecule has 1 aromatic heterocycles. The molecule has 17 heavy (non-hydrogen) atoms. The highest BCUT2D eigenvalue weighted by atomic mass is 79.9. The molecule has 1 nitrogen and oxygen atoms in total. The van der Waals surface area contributed by atoms with Crippen LogP contribution in [0.2, 0.25) is 0 Å². The second-order valence-electron chi connectivity index (χ2n) is 3.48. The van der Waals surface area contributed by atoms with Crippen LogP contribution in [0.3, 0.4) is 0 Å². The van der Waals surface area contributed by atoms with Gasteiger partial charge in [-0.1, -0.05) is 30.0 Å². The number of benzene rings is 1. The first-order valence-corrected chi connectivity index (χ1v) is 6.94. The summed E-state index contributed by atoms with van der Waals surface area (Å²) in [5.41, 5.74) is 1.06. The van der Waals surface area contributed by atoms with Gasteiger partial charge in [0.1, 0.15) is 0 Å². The zero-order chi connectivity index (χ0) is 11.9. The average Bonchev–Trinajstić information content (AvgIpc) is 2.76. The largest absolute Gasteiger partial charge is 0.301 e. The standard InChI is InChI=1S/C14H12BrNS/c15-14-9-8-13(17-14)11-16-10-4-7-12-5-2-1-3-6-12/h1-3,5-6,8-9,16H,10-11H2. The van der Waals surface area contributed by atoms with Crippen molar-refractivity contribution in [1.29, 1.82) is 0 Å². The van der Waals surface area contributed by atoms with Gasteiger partial charge in [0.25, 0.3) is 0 Å². The Morgan fingerprint density at radius 2 is 1.94 bits per heavy atom. The van der Waals surface area contributed by atoms with Gasteiger partial charge in [0.15, 0.2) is 0 Å². The fourth-order valence-electron chi connectivity index (χ4n) is 1.36. The van der Waals surface area contributed by atoms with E-state index in [9.17, 15) is 0 Å². The van der Waals surface area contributed by atoms with Crippen molar-refractivity contribution in [2.75, 3.05) is 6.54 Å². The first kappa shape index (κ1) is 12.4. The first-order valence-electron chi connectivity index (χ1n) is 5.33. The van der Waals surface area contributed by atoms with Gasteiger partial charge in [-0.15, -0.1) is 11.3 Å². The molecule has 0 radical (unpaired) electrons. The van der Waals surface area contributed by atoms with Crippen molar-refractivity contribution in [1.82, 2.24) is 5.32 Å². The maximum Gasteiger partial charge on any atom is 0.0701 e. The fourth-order valence-corrected chi connectivity index (χ4v) is 2.82. The van der Waals surface area contributed by atoms with E-state index < -0.39 is 0 Å². The van der Waals surface area contributed by atoms with E-state index in [0.717, 1.165) is 12.1 Å². The summed E-state index contributed by atoms with van der Waals surface area (Å²) in [6.07, 6.45) is 0. The summed E-state index contributed by atoms with van der Waals surface area (Å²) in [4.78, 5) is 1.32. The highest BCUT2D eigenvalue weighted by Crippen LogP contribution is 2.21. The van der Waals surface area contributed by atoms with Crippen molar-refractivity contribution in [3.8, 4) is 11.8 Å². The van der Waals surface area contributed by atoms with E-state index in [-0.39, 0.29) is 0 Å². The quantitative estimate of drug-likeness (QED) is 0.674. The van der Waals surface area contributed by atoms with E-state index in [4.69, 9.17) is 0 Å². The van der Waals surface area contributed by atoms with Crippen LogP contribution >= 0.6 is 27.3 Å². The van der Waals surface area contributed by atoms with Crippen LogP contribution in [0.4, 0.5) is 0 Å². The summed E-state index contributed by atoms with van der Waals surface area (Å²) < 4.78 is 1.17. The zero-order valence-corrected chi connectivity index (χ0v) is 11.6. The van der Waals surface area contributed by atoms with Gasteiger partial charge in [0, 0.05) is 17.0 Å². The van der Waals surface area contributed by atoms with Gasteiger partial charge < -0.3 is 5.32 Å². The molecule has 0 aliphatic carbocycles. The second-order valence-corrected chi connectivity index (χ2v) is 6.02. The van der Waals surface area contributed by atoms with Crippen LogP contribution in [-0.2, 0) is 6.54 Å². The maximum absolute atomic E-state index is 3.45. The summed E-state index contributed by atoms with van der Waals surface area (Å²) in [6.45, 7) is 1.59. The lowest BCUT2D eigenvalue weighted by molar-refractivity contribution is 0.781. The minimum absolute atomic E-state index is 0.713. The SMILES string of the molecule is Brc1ccc(CNCC#Cc2ccccc2)s1. The molecule has 2 rings (SSSR count). The molecule has 1 aromatic carbocycles. The van der Waals surface area contributed by atoms with E-state index in [1.165, 1.54) is 8.66 Å². The fraction of sp³-hybridized carbons (Fsp3) is 0.143. The molecule has 0 saturated heterocycles. The van der Waals surface area contributed by atoms with E-state index in [1.807, 2.05) is 30.3 Å². The molecule has 0 bridgehead atoms. The molecule has 2 aromatic rings. The minimum Gasteiger partial charge on any atom is -0.301 e. The molecule has 86 valence electrons. The highest BCUT2D eigenvalue weighted by molar-refractivity contribution is 9.11. The van der Waals surface area contributed by atoms with Gasteiger partial charge in [-0.05, 0) is 40.2 Å². The third-order valence-electron chi connectivity index (χ3n) is 2.15. The molecule has 1 N–H and O–H groups in total. The van der Waals surface area contributed by atoms with Crippen molar-refractivity contribution < 1.29 is 0 Å². The Morgan fingerprint density at radius 3 is 2.65 bits per heavy atom. The molecular weight excluding hydrogens is 294 g/mol. The Labute approximate surface area is 114 Å². The Kier molecular flexibility index (Phi) is 4.81. The van der Waals surface area contributed by atoms with Gasteiger partial charge in [0.2, 0.25) is 0 Å². The lowest BCUT2D eigenvalue weighted by atomic mass is 10.2. The Bertz CT molecular complexity index is 522. The van der Waals surface area contributed by atoms with Crippen LogP contribution in [0.15, 0.2) is 46.3 Å². The van der Waals surface area contributed by atoms with Crippen molar-refractivity contribution in [3.05, 3.63) is 56.7 Å². The van der Waals surface area contributed by atoms with E-state index >= 15 is 0 Å². The monoisotopic (exact) mass is 305 g/mol. The lowest BCUT2D eigenvalue weighted by Gasteiger charge is -1.95. The minimum atomic E-state index is 0.713. The molecule has 0 aliphatic rings. The predicted octanol–water partition coefficient (Wildman–Crippen LogP) is 3.65. The molecule has 1 heterocycles. The molecule has 0 saturated carbocycles. The topological polar surface area (TPSA) is 12.0 Å². The molecule has 3 heteroatoms. The van der Waals surface area contributed by atoms with Crippen LogP contribution in [0.1, 0.15) is 10.4 Å². The van der Waals surface area contributed by atoms with Crippen LogP contribution in [0, 0.1) is 11.8 Å². The predicted molar refractivity (Wildman–Crippen MR) is 77.0 cm³/mol. The lowest BCUT2D eigenvalue weighted by Crippen LogP contribution is -2.12. The van der Waals surface area contributed by atoms with Gasteiger partial charge >= 0.3 is 0 Å². The molecule has 0 unspecified atom stereocenters. The Morgan fingerprint density at radius 1 is 1.12 bits per heavy atom. The van der Waals surface area contributed by atoms with Crippen LogP contribution in [-0.4, -0.2) is 6.54 Å². The Balaban J connectivity index is 1.75. The van der Waals surface area contributed by atoms with E-state index in [2.05, 4.69) is 45.2 Å². The number of nitrogens with one attached hydrogen (secondary N) is 1. The molecule has 0 spiro atoms. The second kappa shape index (κ2) is 6.61. The number of halogens is 1. The number of thiophene rings is 1. The summed E-state index contributed by atoms with van der Waals surface area (Å²) >= 11 is 5.20. The van der Waals surface area contributed by atoms with Crippen molar-refractivity contribution >= 4 is 27.3 Å². The molecule has 0 atom stereocenters. The third kappa shape index (κ3) is 4.35. The summed E-state index contributed by atoms with van der Waals surface area (Å²) in [6, 6.07) is 14.2. The van der Waals surface area contributed by atoms with Crippen molar-refractivity contribution in [2.45, 2.75) is 6.54 Å². The van der Waals surface area contributed by atoms with Crippen LogP contribution < -0.4 is 5.32 Å². The summed E-state index contributed by atoms with van der Waals surface area (Å²) in [7, 11) is 0. The van der Waals surface area contributed by atoms with Gasteiger partial charge in [0.05, 0.1) is 10.3 Å². The molecule has 0 fully saturated rings. The smallest absolute Gasteiger partial charge is 0.0701 e. The van der Waals surface area contributed by atoms with Crippen LogP contribution in [0.5, 0.6) is 0 Å². The van der Waals surface area contributed by atoms with Crippen LogP contribution in [0.25, 0.3) is 0 Å². The van der Waals surface area contributed by atoms with E-state index in [0.29, 0.717) is 6.54 Å². The highest BCUT2D eigenvalue weighted by Gasteiger charge is 1.95. The Hall–Kier alpha value is -1.08. The van der Waals surface area contributed by atoms with Gasteiger partial charge in [-0.2, -0.15) is 0 Å². The molecular formula is C14H12BrNS. The number of hydrogen-bond donors (Lipinski definition) is 1. The van der Waals surface area contributed by atoms with Gasteiger partial charge in [-0.3, -0.25) is 0 Å². The maximum atomic E-state index is 3.45. The third-order valence-corrected chi connectivity index (χ3v) is 3.77. The van der Waals surface area contributed by atoms with E-state index in [1.54, 1.807) is 11.3 Å². The number of hydrogen-bond acceptors (Lipinski definition) is 2. The van der Waals surface area contributed by atoms with Crippen molar-refractivity contribution in [3.63, 3.8) is 0 Å². The van der Waals surface area contributed by atoms with Crippen molar-refractivity contribution in [2.24, 2.45) is 0 Å². The average molecular weight is 306 g/mol. The molecule has 0 amide bonds. The first-order chi connectivity index (χ1) is 8.34. The number of rotatable bonds is 3. The summed E-state index contributed by atoms with van der Waals surface area (Å²) in [5.74, 6) is 6.23. The molecule has 0 aliphatic heterocycles. The van der Waals surface area contributed by atoms with Gasteiger partial charge in [-0.25, -0.2) is 0 Å². The normalized spacial score (nSPS) is 9.71. The zero-order valence-electron chi connectivity index (χ0n) is 9.24. The summed E-state index contributed by atoms with van der Waals surface area (Å²) in [5, 5.41) is 3.30.